The fraction of sp³-hybridized carbons (Fsp3) is 1.00. The van der Waals surface area contributed by atoms with E-state index in [1.807, 2.05) is 0 Å². The van der Waals surface area contributed by atoms with Crippen molar-refractivity contribution in [1.29, 1.82) is 0 Å². The molecule has 0 aliphatic rings. The van der Waals surface area contributed by atoms with Gasteiger partial charge in [-0.1, -0.05) is 0 Å². The lowest BCUT2D eigenvalue weighted by molar-refractivity contribution is -0.306. The third-order valence-electron chi connectivity index (χ3n) is 0. The number of hydrogen-bond donors (Lipinski definition) is 4. The van der Waals surface area contributed by atoms with Crippen LogP contribution in [0.5, 0.6) is 0 Å². The number of hydrogen-bond acceptors (Lipinski definition) is 4. The number of halogens is 1. The van der Waals surface area contributed by atoms with Crippen LogP contribution in [0.2, 0.25) is 0 Å². The molecular formula is CH6ClNO3. The highest BCUT2D eigenvalue weighted by atomic mass is 35.5. The van der Waals surface area contributed by atoms with Crippen LogP contribution in [0.1, 0.15) is 0 Å². The first kappa shape index (κ1) is 9.46. The summed E-state index contributed by atoms with van der Waals surface area (Å²) >= 11 is 0. The van der Waals surface area contributed by atoms with E-state index < -0.39 is 6.10 Å². The first-order valence-corrected chi connectivity index (χ1v) is 0.959. The summed E-state index contributed by atoms with van der Waals surface area (Å²) in [6, 6.07) is 0. The minimum atomic E-state index is -3.00. The molecule has 0 aliphatic heterocycles. The number of rotatable bonds is 0. The molecule has 6 heavy (non-hydrogen) atoms. The van der Waals surface area contributed by atoms with Gasteiger partial charge in [-0.25, -0.2) is 0 Å². The van der Waals surface area contributed by atoms with E-state index in [-0.39, 0.29) is 12.4 Å². The van der Waals surface area contributed by atoms with E-state index in [1.165, 1.54) is 0 Å². The Morgan fingerprint density at radius 1 is 1.17 bits per heavy atom. The summed E-state index contributed by atoms with van der Waals surface area (Å²) in [4.78, 5) is 0. The highest BCUT2D eigenvalue weighted by Crippen LogP contribution is 1.69. The normalized spacial score (nSPS) is 10.0. The van der Waals surface area contributed by atoms with Crippen LogP contribution in [-0.2, 0) is 0 Å². The summed E-state index contributed by atoms with van der Waals surface area (Å²) in [5.41, 5.74) is 4.02. The summed E-state index contributed by atoms with van der Waals surface area (Å²) in [6.07, 6.45) is -3.00. The van der Waals surface area contributed by atoms with E-state index in [0.29, 0.717) is 0 Å². The Labute approximate surface area is 40.6 Å². The molecule has 40 valence electrons. The lowest BCUT2D eigenvalue weighted by Gasteiger charge is -2.01. The second-order valence-corrected chi connectivity index (χ2v) is 0.687. The van der Waals surface area contributed by atoms with E-state index in [9.17, 15) is 0 Å². The maximum Gasteiger partial charge on any atom is 0.340 e. The third-order valence-corrected chi connectivity index (χ3v) is 0. The molecule has 0 aromatic carbocycles. The van der Waals surface area contributed by atoms with Crippen LogP contribution >= 0.6 is 12.4 Å². The van der Waals surface area contributed by atoms with Gasteiger partial charge in [0.1, 0.15) is 0 Å². The molecule has 0 fully saturated rings. The fourth-order valence-corrected chi connectivity index (χ4v) is 0. The molecule has 0 radical (unpaired) electrons. The van der Waals surface area contributed by atoms with E-state index in [2.05, 4.69) is 5.73 Å². The first-order chi connectivity index (χ1) is 2.00. The second-order valence-electron chi connectivity index (χ2n) is 0.687. The van der Waals surface area contributed by atoms with Crippen molar-refractivity contribution in [3.05, 3.63) is 0 Å². The molecule has 0 spiro atoms. The largest absolute Gasteiger partial charge is 0.340 e. The molecule has 0 atom stereocenters. The minimum Gasteiger partial charge on any atom is -0.330 e. The molecule has 0 rings (SSSR count). The topological polar surface area (TPSA) is 86.7 Å². The molecule has 5 N–H and O–H groups in total. The van der Waals surface area contributed by atoms with Crippen molar-refractivity contribution in [2.45, 2.75) is 6.10 Å². The Kier molecular flexibility index (Phi) is 3.67. The Balaban J connectivity index is 0. The molecule has 0 unspecified atom stereocenters. The van der Waals surface area contributed by atoms with E-state index in [1.54, 1.807) is 0 Å². The summed E-state index contributed by atoms with van der Waals surface area (Å²) in [5.74, 6) is 0. The Hall–Kier alpha value is 0.130. The smallest absolute Gasteiger partial charge is 0.330 e. The van der Waals surface area contributed by atoms with Gasteiger partial charge in [-0.3, -0.25) is 5.73 Å². The summed E-state index contributed by atoms with van der Waals surface area (Å²) in [7, 11) is 0. The zero-order chi connectivity index (χ0) is 4.50. The van der Waals surface area contributed by atoms with E-state index in [4.69, 9.17) is 15.3 Å². The summed E-state index contributed by atoms with van der Waals surface area (Å²) in [5, 5.41) is 22.2. The zero-order valence-electron chi connectivity index (χ0n) is 2.83. The maximum atomic E-state index is 7.41. The molecule has 0 saturated heterocycles. The Morgan fingerprint density at radius 3 is 1.17 bits per heavy atom. The maximum absolute atomic E-state index is 7.41. The molecule has 5 heteroatoms. The van der Waals surface area contributed by atoms with Gasteiger partial charge in [-0.15, -0.1) is 12.4 Å². The molecule has 4 nitrogen and oxygen atoms in total. The van der Waals surface area contributed by atoms with Gasteiger partial charge in [0, 0.05) is 0 Å². The van der Waals surface area contributed by atoms with Gasteiger partial charge in [0.2, 0.25) is 0 Å². The van der Waals surface area contributed by atoms with Crippen LogP contribution in [0.4, 0.5) is 0 Å². The average Bonchev–Trinajstić information content (AvgIpc) is 0.722. The standard InChI is InChI=1S/CH5NO3.ClH/c2-1(3,4)5;/h3-5H,2H2;1H. The Bertz CT molecular complexity index is 26.3. The van der Waals surface area contributed by atoms with Crippen molar-refractivity contribution in [1.82, 2.24) is 0 Å². The SMILES string of the molecule is Cl.NC(O)(O)O. The van der Waals surface area contributed by atoms with E-state index in [0.717, 1.165) is 0 Å². The van der Waals surface area contributed by atoms with Gasteiger partial charge < -0.3 is 15.3 Å². The minimum absolute atomic E-state index is 0. The van der Waals surface area contributed by atoms with Crippen LogP contribution < -0.4 is 5.73 Å². The van der Waals surface area contributed by atoms with E-state index >= 15 is 0 Å². The molecule has 0 amide bonds. The van der Waals surface area contributed by atoms with Gasteiger partial charge in [0.15, 0.2) is 0 Å². The predicted molar refractivity (Wildman–Crippen MR) is 20.8 cm³/mol. The molecule has 0 heterocycles. The van der Waals surface area contributed by atoms with Gasteiger partial charge >= 0.3 is 6.10 Å². The van der Waals surface area contributed by atoms with Crippen molar-refractivity contribution in [2.24, 2.45) is 5.73 Å². The monoisotopic (exact) mass is 115 g/mol. The van der Waals surface area contributed by atoms with Crippen LogP contribution in [0.15, 0.2) is 0 Å². The lowest BCUT2D eigenvalue weighted by atomic mass is 11.1. The fourth-order valence-electron chi connectivity index (χ4n) is 0. The highest BCUT2D eigenvalue weighted by Gasteiger charge is 2.04. The molecule has 0 aromatic rings. The van der Waals surface area contributed by atoms with Crippen LogP contribution in [-0.4, -0.2) is 21.4 Å². The van der Waals surface area contributed by atoms with Crippen molar-refractivity contribution in [3.8, 4) is 0 Å². The van der Waals surface area contributed by atoms with Crippen LogP contribution in [0, 0.1) is 0 Å². The number of nitrogens with two attached hydrogens (primary N) is 1. The first-order valence-electron chi connectivity index (χ1n) is 0.959. The molecule has 0 bridgehead atoms. The molecular weight excluding hydrogens is 109 g/mol. The van der Waals surface area contributed by atoms with Gasteiger partial charge in [0.25, 0.3) is 0 Å². The van der Waals surface area contributed by atoms with Gasteiger partial charge in [-0.05, 0) is 0 Å². The molecule has 0 aromatic heterocycles. The van der Waals surface area contributed by atoms with Crippen molar-refractivity contribution in [3.63, 3.8) is 0 Å². The summed E-state index contributed by atoms with van der Waals surface area (Å²) < 4.78 is 0. The van der Waals surface area contributed by atoms with Crippen molar-refractivity contribution < 1.29 is 15.3 Å². The van der Waals surface area contributed by atoms with Crippen molar-refractivity contribution in [2.75, 3.05) is 0 Å². The van der Waals surface area contributed by atoms with Gasteiger partial charge in [0.05, 0.1) is 0 Å². The average molecular weight is 116 g/mol. The second kappa shape index (κ2) is 2.33. The summed E-state index contributed by atoms with van der Waals surface area (Å²) in [6.45, 7) is 0. The highest BCUT2D eigenvalue weighted by molar-refractivity contribution is 5.85. The Morgan fingerprint density at radius 2 is 1.17 bits per heavy atom. The third kappa shape index (κ3) is 2390. The number of aliphatic hydroxyl groups is 3. The molecule has 0 saturated carbocycles. The van der Waals surface area contributed by atoms with Crippen molar-refractivity contribution >= 4 is 12.4 Å². The van der Waals surface area contributed by atoms with Gasteiger partial charge in [-0.2, -0.15) is 0 Å². The molecule has 0 aliphatic carbocycles. The quantitative estimate of drug-likeness (QED) is 0.274. The zero-order valence-corrected chi connectivity index (χ0v) is 3.64. The van der Waals surface area contributed by atoms with Crippen LogP contribution in [0.25, 0.3) is 0 Å². The van der Waals surface area contributed by atoms with Crippen LogP contribution in [0.3, 0.4) is 0 Å². The lowest BCUT2D eigenvalue weighted by Crippen LogP contribution is -2.38. The predicted octanol–water partition coefficient (Wildman–Crippen LogP) is -2.04.